The summed E-state index contributed by atoms with van der Waals surface area (Å²) in [6.45, 7) is 1.97. The number of rotatable bonds is 9. The van der Waals surface area contributed by atoms with Crippen molar-refractivity contribution in [2.24, 2.45) is 0 Å². The van der Waals surface area contributed by atoms with E-state index in [-0.39, 0.29) is 11.5 Å². The number of methoxy groups -OCH3 is 1. The average Bonchev–Trinajstić information content (AvgIpc) is 2.97. The van der Waals surface area contributed by atoms with Crippen LogP contribution >= 0.6 is 0 Å². The normalized spacial score (nSPS) is 11.2. The molecule has 6 heteroatoms. The van der Waals surface area contributed by atoms with Crippen molar-refractivity contribution in [1.82, 2.24) is 5.32 Å². The van der Waals surface area contributed by atoms with Gasteiger partial charge in [-0.2, -0.15) is 0 Å². The van der Waals surface area contributed by atoms with E-state index >= 15 is 0 Å². The predicted octanol–water partition coefficient (Wildman–Crippen LogP) is 6.31. The third-order valence-corrected chi connectivity index (χ3v) is 5.90. The molecule has 0 saturated heterocycles. The second-order valence-electron chi connectivity index (χ2n) is 8.76. The van der Waals surface area contributed by atoms with E-state index in [9.17, 15) is 14.4 Å². The number of para-hydroxylation sites is 1. The maximum absolute atomic E-state index is 13.2. The summed E-state index contributed by atoms with van der Waals surface area (Å²) in [5.74, 6) is -0.399. The molecule has 0 unspecified atom stereocenters. The fourth-order valence-corrected chi connectivity index (χ4v) is 3.75. The average molecular weight is 517 g/mol. The molecule has 2 N–H and O–H groups in total. The fourth-order valence-electron chi connectivity index (χ4n) is 3.75. The number of carbonyl (C=O) groups excluding carboxylic acids is 3. The van der Waals surface area contributed by atoms with Gasteiger partial charge in [0.25, 0.3) is 11.8 Å². The lowest BCUT2D eigenvalue weighted by atomic mass is 10.1. The molecule has 0 atom stereocenters. The number of aryl methyl sites for hydroxylation is 1. The van der Waals surface area contributed by atoms with Gasteiger partial charge in [0, 0.05) is 22.4 Å². The Balaban J connectivity index is 1.49. The SMILES string of the molecule is COc1ccccc1/C=C/C(=O)c1ccc(NC(=O)/C(=C/c2ccc(C)cc2)NC(=O)c2ccccc2)cc1. The molecule has 0 radical (unpaired) electrons. The maximum Gasteiger partial charge on any atom is 0.272 e. The van der Waals surface area contributed by atoms with Crippen molar-refractivity contribution >= 4 is 35.4 Å². The highest BCUT2D eigenvalue weighted by atomic mass is 16.5. The zero-order valence-electron chi connectivity index (χ0n) is 21.7. The van der Waals surface area contributed by atoms with Gasteiger partial charge < -0.3 is 15.4 Å². The van der Waals surface area contributed by atoms with E-state index in [0.717, 1.165) is 16.7 Å². The third kappa shape index (κ3) is 7.40. The fraction of sp³-hybridized carbons (Fsp3) is 0.0606. The largest absolute Gasteiger partial charge is 0.496 e. The summed E-state index contributed by atoms with van der Waals surface area (Å²) in [6, 6.07) is 30.3. The number of nitrogens with one attached hydrogen (secondary N) is 2. The monoisotopic (exact) mass is 516 g/mol. The molecular weight excluding hydrogens is 488 g/mol. The number of carbonyl (C=O) groups is 3. The number of allylic oxidation sites excluding steroid dienone is 1. The zero-order chi connectivity index (χ0) is 27.6. The molecule has 2 amide bonds. The minimum Gasteiger partial charge on any atom is -0.496 e. The molecule has 0 aliphatic carbocycles. The summed E-state index contributed by atoms with van der Waals surface area (Å²) >= 11 is 0. The molecule has 194 valence electrons. The van der Waals surface area contributed by atoms with E-state index in [1.54, 1.807) is 67.8 Å². The Labute approximate surface area is 227 Å². The molecule has 0 aliphatic rings. The van der Waals surface area contributed by atoms with Crippen LogP contribution in [0.4, 0.5) is 5.69 Å². The van der Waals surface area contributed by atoms with Crippen molar-refractivity contribution in [3.63, 3.8) is 0 Å². The van der Waals surface area contributed by atoms with Gasteiger partial charge in [-0.15, -0.1) is 0 Å². The lowest BCUT2D eigenvalue weighted by Crippen LogP contribution is -2.30. The van der Waals surface area contributed by atoms with E-state index in [2.05, 4.69) is 10.6 Å². The first kappa shape index (κ1) is 26.8. The van der Waals surface area contributed by atoms with Crippen molar-refractivity contribution < 1.29 is 19.1 Å². The van der Waals surface area contributed by atoms with Gasteiger partial charge in [-0.05, 0) is 73.2 Å². The number of hydrogen-bond donors (Lipinski definition) is 2. The molecule has 0 spiro atoms. The van der Waals surface area contributed by atoms with Crippen molar-refractivity contribution in [2.45, 2.75) is 6.92 Å². The predicted molar refractivity (Wildman–Crippen MR) is 154 cm³/mol. The highest BCUT2D eigenvalue weighted by Crippen LogP contribution is 2.19. The molecule has 39 heavy (non-hydrogen) atoms. The summed E-state index contributed by atoms with van der Waals surface area (Å²) < 4.78 is 5.31. The zero-order valence-corrected chi connectivity index (χ0v) is 21.7. The smallest absolute Gasteiger partial charge is 0.272 e. The summed E-state index contributed by atoms with van der Waals surface area (Å²) in [5, 5.41) is 5.53. The second kappa shape index (κ2) is 12.8. The topological polar surface area (TPSA) is 84.5 Å². The number of benzene rings is 4. The Kier molecular flexibility index (Phi) is 8.83. The van der Waals surface area contributed by atoms with Crippen molar-refractivity contribution in [1.29, 1.82) is 0 Å². The minimum atomic E-state index is -0.491. The van der Waals surface area contributed by atoms with E-state index in [1.165, 1.54) is 6.08 Å². The quantitative estimate of drug-likeness (QED) is 0.202. The van der Waals surface area contributed by atoms with Gasteiger partial charge in [-0.3, -0.25) is 14.4 Å². The van der Waals surface area contributed by atoms with Gasteiger partial charge >= 0.3 is 0 Å². The standard InChI is InChI=1S/C33H28N2O4/c1-23-12-14-24(15-13-23)22-29(35-32(37)27-9-4-3-5-10-27)33(38)34-28-19-16-25(17-20-28)30(36)21-18-26-8-6-7-11-31(26)39-2/h3-22H,1-2H3,(H,34,38)(H,35,37)/b21-18+,29-22-. The van der Waals surface area contributed by atoms with Crippen LogP contribution in [-0.4, -0.2) is 24.7 Å². The molecule has 0 aliphatic heterocycles. The van der Waals surface area contributed by atoms with Crippen LogP contribution in [0.5, 0.6) is 5.75 Å². The van der Waals surface area contributed by atoms with Crippen molar-refractivity contribution in [3.8, 4) is 5.75 Å². The molecule has 0 fully saturated rings. The number of ketones is 1. The summed E-state index contributed by atoms with van der Waals surface area (Å²) in [5.41, 5.74) is 4.11. The molecule has 4 aromatic rings. The lowest BCUT2D eigenvalue weighted by Gasteiger charge is -2.12. The van der Waals surface area contributed by atoms with E-state index in [0.29, 0.717) is 22.6 Å². The Bertz CT molecular complexity index is 1520. The van der Waals surface area contributed by atoms with E-state index in [1.807, 2.05) is 61.5 Å². The van der Waals surface area contributed by atoms with Gasteiger partial charge in [0.05, 0.1) is 7.11 Å². The van der Waals surface area contributed by atoms with Crippen LogP contribution in [0.1, 0.15) is 37.4 Å². The molecular formula is C33H28N2O4. The highest BCUT2D eigenvalue weighted by molar-refractivity contribution is 6.11. The molecule has 4 aromatic carbocycles. The molecule has 0 bridgehead atoms. The van der Waals surface area contributed by atoms with E-state index in [4.69, 9.17) is 4.74 Å². The summed E-state index contributed by atoms with van der Waals surface area (Å²) in [6.07, 6.45) is 4.80. The highest BCUT2D eigenvalue weighted by Gasteiger charge is 2.15. The Morgan fingerprint density at radius 1 is 0.744 bits per heavy atom. The Morgan fingerprint density at radius 2 is 1.41 bits per heavy atom. The lowest BCUT2D eigenvalue weighted by molar-refractivity contribution is -0.113. The van der Waals surface area contributed by atoms with Crippen LogP contribution in [0.15, 0.2) is 115 Å². The molecule has 0 aromatic heterocycles. The van der Waals surface area contributed by atoms with Crippen LogP contribution < -0.4 is 15.4 Å². The molecule has 0 heterocycles. The first-order chi connectivity index (χ1) is 18.9. The summed E-state index contributed by atoms with van der Waals surface area (Å²) in [7, 11) is 1.58. The van der Waals surface area contributed by atoms with Crippen molar-refractivity contribution in [2.75, 3.05) is 12.4 Å². The number of hydrogen-bond acceptors (Lipinski definition) is 4. The number of ether oxygens (including phenoxy) is 1. The molecule has 0 saturated carbocycles. The Hall–Kier alpha value is -5.23. The van der Waals surface area contributed by atoms with Gasteiger partial charge in [-0.25, -0.2) is 0 Å². The first-order valence-corrected chi connectivity index (χ1v) is 12.3. The molecule has 6 nitrogen and oxygen atoms in total. The first-order valence-electron chi connectivity index (χ1n) is 12.3. The Morgan fingerprint density at radius 3 is 2.10 bits per heavy atom. The number of amides is 2. The van der Waals surface area contributed by atoms with Gasteiger partial charge in [0.1, 0.15) is 11.4 Å². The van der Waals surface area contributed by atoms with Crippen LogP contribution in [0.25, 0.3) is 12.2 Å². The van der Waals surface area contributed by atoms with Crippen LogP contribution in [0.2, 0.25) is 0 Å². The van der Waals surface area contributed by atoms with Crippen LogP contribution in [0, 0.1) is 6.92 Å². The minimum absolute atomic E-state index is 0.0904. The van der Waals surface area contributed by atoms with Crippen LogP contribution in [-0.2, 0) is 4.79 Å². The molecule has 4 rings (SSSR count). The van der Waals surface area contributed by atoms with Crippen LogP contribution in [0.3, 0.4) is 0 Å². The van der Waals surface area contributed by atoms with Gasteiger partial charge in [0.15, 0.2) is 5.78 Å². The summed E-state index contributed by atoms with van der Waals surface area (Å²) in [4.78, 5) is 38.7. The third-order valence-electron chi connectivity index (χ3n) is 5.90. The van der Waals surface area contributed by atoms with Gasteiger partial charge in [-0.1, -0.05) is 66.2 Å². The number of anilines is 1. The maximum atomic E-state index is 13.2. The van der Waals surface area contributed by atoms with Crippen molar-refractivity contribution in [3.05, 3.63) is 143 Å². The van der Waals surface area contributed by atoms with Gasteiger partial charge in [0.2, 0.25) is 0 Å². The van der Waals surface area contributed by atoms with E-state index < -0.39 is 11.8 Å². The second-order valence-corrected chi connectivity index (χ2v) is 8.76.